The van der Waals surface area contributed by atoms with Crippen LogP contribution >= 0.6 is 27.3 Å². The van der Waals surface area contributed by atoms with Crippen molar-refractivity contribution in [1.29, 1.82) is 0 Å². The first-order valence-corrected chi connectivity index (χ1v) is 6.81. The highest BCUT2D eigenvalue weighted by Crippen LogP contribution is 2.23. The van der Waals surface area contributed by atoms with E-state index in [1.165, 1.54) is 35.2 Å². The summed E-state index contributed by atoms with van der Waals surface area (Å²) in [4.78, 5) is 3.83. The number of thiophene rings is 1. The molecule has 0 bridgehead atoms. The number of nitrogens with zero attached hydrogens (tertiary/aromatic N) is 1. The van der Waals surface area contributed by atoms with Crippen LogP contribution in [-0.4, -0.2) is 18.5 Å². The molecule has 0 saturated carbocycles. The number of halogens is 1. The van der Waals surface area contributed by atoms with Gasteiger partial charge in [-0.05, 0) is 47.4 Å². The van der Waals surface area contributed by atoms with Crippen LogP contribution in [0.5, 0.6) is 0 Å². The van der Waals surface area contributed by atoms with Gasteiger partial charge in [0.05, 0.1) is 0 Å². The first-order valence-electron chi connectivity index (χ1n) is 5.14. The summed E-state index contributed by atoms with van der Waals surface area (Å²) in [7, 11) is 2.20. The molecule has 0 aliphatic heterocycles. The molecule has 0 aromatic carbocycles. The summed E-state index contributed by atoms with van der Waals surface area (Å²) in [6.45, 7) is 4.52. The maximum absolute atomic E-state index is 3.56. The molecule has 1 heterocycles. The van der Waals surface area contributed by atoms with E-state index in [4.69, 9.17) is 0 Å². The van der Waals surface area contributed by atoms with Gasteiger partial charge in [0.25, 0.3) is 0 Å². The highest BCUT2D eigenvalue weighted by atomic mass is 79.9. The van der Waals surface area contributed by atoms with E-state index in [0.717, 1.165) is 6.54 Å². The van der Waals surface area contributed by atoms with Crippen LogP contribution in [0.25, 0.3) is 0 Å². The van der Waals surface area contributed by atoms with Gasteiger partial charge in [0, 0.05) is 15.9 Å². The summed E-state index contributed by atoms with van der Waals surface area (Å²) in [5, 5.41) is 2.14. The largest absolute Gasteiger partial charge is 0.301 e. The van der Waals surface area contributed by atoms with Crippen molar-refractivity contribution < 1.29 is 0 Å². The van der Waals surface area contributed by atoms with E-state index in [0.29, 0.717) is 0 Å². The molecule has 0 saturated heterocycles. The van der Waals surface area contributed by atoms with Gasteiger partial charge in [0.1, 0.15) is 0 Å². The Labute approximate surface area is 99.3 Å². The number of hydrogen-bond donors (Lipinski definition) is 0. The molecular formula is C11H18BrNS. The Morgan fingerprint density at radius 1 is 1.43 bits per heavy atom. The molecule has 3 heteroatoms. The third kappa shape index (κ3) is 4.11. The normalized spacial score (nSPS) is 11.1. The molecule has 0 amide bonds. The third-order valence-corrected chi connectivity index (χ3v) is 4.16. The summed E-state index contributed by atoms with van der Waals surface area (Å²) in [6, 6.07) is 2.12. The zero-order chi connectivity index (χ0) is 10.4. The Morgan fingerprint density at radius 3 is 2.79 bits per heavy atom. The second-order valence-corrected chi connectivity index (χ2v) is 5.49. The van der Waals surface area contributed by atoms with E-state index in [-0.39, 0.29) is 0 Å². The summed E-state index contributed by atoms with van der Waals surface area (Å²) in [5.41, 5.74) is 0. The zero-order valence-electron chi connectivity index (χ0n) is 8.92. The number of hydrogen-bond acceptors (Lipinski definition) is 2. The standard InChI is InChI=1S/C11H18BrNS/c1-3-4-5-7-13(2)9-11-10(12)6-8-14-11/h6,8H,3-5,7,9H2,1-2H3. The molecule has 80 valence electrons. The van der Waals surface area contributed by atoms with Crippen LogP contribution in [0.1, 0.15) is 31.1 Å². The SMILES string of the molecule is CCCCCN(C)Cc1sccc1Br. The van der Waals surface area contributed by atoms with Crippen LogP contribution in [0.4, 0.5) is 0 Å². The minimum absolute atomic E-state index is 1.07. The first kappa shape index (κ1) is 12.2. The van der Waals surface area contributed by atoms with Crippen LogP contribution in [0.3, 0.4) is 0 Å². The maximum atomic E-state index is 3.56. The van der Waals surface area contributed by atoms with E-state index in [1.807, 2.05) is 11.3 Å². The fourth-order valence-corrected chi connectivity index (χ4v) is 2.95. The number of rotatable bonds is 6. The predicted molar refractivity (Wildman–Crippen MR) is 67.9 cm³/mol. The second-order valence-electron chi connectivity index (χ2n) is 3.64. The molecule has 0 unspecified atom stereocenters. The number of unbranched alkanes of at least 4 members (excludes halogenated alkanes) is 2. The molecule has 0 aliphatic rings. The highest BCUT2D eigenvalue weighted by Gasteiger charge is 2.04. The van der Waals surface area contributed by atoms with Crippen molar-refractivity contribution in [2.75, 3.05) is 13.6 Å². The van der Waals surface area contributed by atoms with Crippen molar-refractivity contribution in [3.63, 3.8) is 0 Å². The van der Waals surface area contributed by atoms with E-state index in [9.17, 15) is 0 Å². The summed E-state index contributed by atoms with van der Waals surface area (Å²) >= 11 is 5.39. The van der Waals surface area contributed by atoms with Crippen LogP contribution in [0, 0.1) is 0 Å². The third-order valence-electron chi connectivity index (χ3n) is 2.25. The molecule has 0 spiro atoms. The van der Waals surface area contributed by atoms with Crippen LogP contribution in [-0.2, 0) is 6.54 Å². The topological polar surface area (TPSA) is 3.24 Å². The Kier molecular flexibility index (Phi) is 5.75. The van der Waals surface area contributed by atoms with E-state index in [2.05, 4.69) is 46.2 Å². The Morgan fingerprint density at radius 2 is 2.21 bits per heavy atom. The lowest BCUT2D eigenvalue weighted by molar-refractivity contribution is 0.320. The molecule has 0 radical (unpaired) electrons. The fraction of sp³-hybridized carbons (Fsp3) is 0.636. The van der Waals surface area contributed by atoms with E-state index >= 15 is 0 Å². The van der Waals surface area contributed by atoms with Gasteiger partial charge in [-0.2, -0.15) is 0 Å². The first-order chi connectivity index (χ1) is 6.74. The van der Waals surface area contributed by atoms with Gasteiger partial charge in [0.2, 0.25) is 0 Å². The monoisotopic (exact) mass is 275 g/mol. The molecule has 1 nitrogen and oxygen atoms in total. The molecule has 0 atom stereocenters. The van der Waals surface area contributed by atoms with Gasteiger partial charge in [-0.3, -0.25) is 0 Å². The van der Waals surface area contributed by atoms with E-state index in [1.54, 1.807) is 0 Å². The van der Waals surface area contributed by atoms with Gasteiger partial charge in [-0.1, -0.05) is 19.8 Å². The van der Waals surface area contributed by atoms with Gasteiger partial charge in [-0.15, -0.1) is 11.3 Å². The molecule has 0 N–H and O–H groups in total. The molecule has 1 rings (SSSR count). The lowest BCUT2D eigenvalue weighted by atomic mass is 10.2. The zero-order valence-corrected chi connectivity index (χ0v) is 11.3. The maximum Gasteiger partial charge on any atom is 0.0336 e. The lowest BCUT2D eigenvalue weighted by Gasteiger charge is -2.15. The average Bonchev–Trinajstić information content (AvgIpc) is 2.52. The molecule has 1 aromatic rings. The van der Waals surface area contributed by atoms with Crippen molar-refractivity contribution in [3.05, 3.63) is 20.8 Å². The Bertz CT molecular complexity index is 260. The molecular weight excluding hydrogens is 258 g/mol. The van der Waals surface area contributed by atoms with Gasteiger partial charge < -0.3 is 4.90 Å². The summed E-state index contributed by atoms with van der Waals surface area (Å²) < 4.78 is 1.25. The molecule has 0 fully saturated rings. The fourth-order valence-electron chi connectivity index (χ4n) is 1.39. The van der Waals surface area contributed by atoms with Crippen molar-refractivity contribution in [1.82, 2.24) is 4.90 Å². The van der Waals surface area contributed by atoms with Gasteiger partial charge in [-0.25, -0.2) is 0 Å². The minimum Gasteiger partial charge on any atom is -0.301 e. The van der Waals surface area contributed by atoms with Crippen molar-refractivity contribution in [2.24, 2.45) is 0 Å². The van der Waals surface area contributed by atoms with Crippen LogP contribution in [0.15, 0.2) is 15.9 Å². The second kappa shape index (κ2) is 6.59. The smallest absolute Gasteiger partial charge is 0.0336 e. The van der Waals surface area contributed by atoms with E-state index < -0.39 is 0 Å². The quantitative estimate of drug-likeness (QED) is 0.706. The molecule has 0 aliphatic carbocycles. The van der Waals surface area contributed by atoms with Crippen molar-refractivity contribution in [2.45, 2.75) is 32.7 Å². The minimum atomic E-state index is 1.07. The molecule has 14 heavy (non-hydrogen) atoms. The van der Waals surface area contributed by atoms with Crippen LogP contribution < -0.4 is 0 Å². The predicted octanol–water partition coefficient (Wildman–Crippen LogP) is 4.13. The summed E-state index contributed by atoms with van der Waals surface area (Å²) in [6.07, 6.45) is 3.96. The van der Waals surface area contributed by atoms with Gasteiger partial charge >= 0.3 is 0 Å². The van der Waals surface area contributed by atoms with Gasteiger partial charge in [0.15, 0.2) is 0 Å². The Hall–Kier alpha value is 0.140. The van der Waals surface area contributed by atoms with Crippen molar-refractivity contribution in [3.8, 4) is 0 Å². The summed E-state index contributed by atoms with van der Waals surface area (Å²) in [5.74, 6) is 0. The lowest BCUT2D eigenvalue weighted by Crippen LogP contribution is -2.18. The average molecular weight is 276 g/mol. The van der Waals surface area contributed by atoms with Crippen molar-refractivity contribution >= 4 is 27.3 Å². The molecule has 1 aromatic heterocycles. The Balaban J connectivity index is 2.27. The highest BCUT2D eigenvalue weighted by molar-refractivity contribution is 9.10. The van der Waals surface area contributed by atoms with Crippen LogP contribution in [0.2, 0.25) is 0 Å².